The molecule has 0 aromatic carbocycles. The Bertz CT molecular complexity index is 235. The van der Waals surface area contributed by atoms with Crippen LogP contribution >= 0.6 is 11.8 Å². The summed E-state index contributed by atoms with van der Waals surface area (Å²) < 4.78 is 0. The number of nitrogens with zero attached hydrogens (tertiary/aromatic N) is 1. The highest BCUT2D eigenvalue weighted by Crippen LogP contribution is 2.19. The van der Waals surface area contributed by atoms with Crippen molar-refractivity contribution in [2.75, 3.05) is 0 Å². The van der Waals surface area contributed by atoms with Crippen LogP contribution in [0.15, 0.2) is 22.8 Å². The molecule has 2 rings (SSSR count). The van der Waals surface area contributed by atoms with Crippen LogP contribution in [0.4, 0.5) is 4.79 Å². The van der Waals surface area contributed by atoms with Crippen molar-refractivity contribution < 1.29 is 4.79 Å². The van der Waals surface area contributed by atoms with Crippen LogP contribution in [-0.4, -0.2) is 10.9 Å². The first kappa shape index (κ1) is 5.67. The number of carbonyl (C=O) groups is 1. The molecule has 1 fully saturated rings. The van der Waals surface area contributed by atoms with Crippen molar-refractivity contribution in [1.29, 1.82) is 0 Å². The van der Waals surface area contributed by atoms with Crippen molar-refractivity contribution in [3.63, 3.8) is 0 Å². The van der Waals surface area contributed by atoms with Gasteiger partial charge in [-0.05, 0) is 5.41 Å². The van der Waals surface area contributed by atoms with Crippen LogP contribution in [0.1, 0.15) is 0 Å². The van der Waals surface area contributed by atoms with E-state index >= 15 is 0 Å². The smallest absolute Gasteiger partial charge is 0.281 e. The van der Waals surface area contributed by atoms with Gasteiger partial charge in [0.2, 0.25) is 0 Å². The largest absolute Gasteiger partial charge is 0.345 e. The predicted octanol–water partition coefficient (Wildman–Crippen LogP) is 0.533. The first-order valence-corrected chi connectivity index (χ1v) is 3.70. The van der Waals surface area contributed by atoms with Gasteiger partial charge in [0, 0.05) is 11.6 Å². The van der Waals surface area contributed by atoms with Gasteiger partial charge in [0.05, 0.1) is 0 Å². The zero-order chi connectivity index (χ0) is 6.97. The summed E-state index contributed by atoms with van der Waals surface area (Å²) in [6.45, 7) is 0. The second kappa shape index (κ2) is 1.95. The molecule has 2 aliphatic heterocycles. The van der Waals surface area contributed by atoms with E-state index in [1.54, 1.807) is 6.20 Å². The first-order chi connectivity index (χ1) is 4.88. The highest BCUT2D eigenvalue weighted by Gasteiger charge is 2.23. The Balaban J connectivity index is 2.32. The maximum atomic E-state index is 10.9. The minimum Gasteiger partial charge on any atom is -0.281 e. The SMILES string of the molecule is O=C1NNC2=CSC=CN12. The van der Waals surface area contributed by atoms with Crippen molar-refractivity contribution in [2.24, 2.45) is 0 Å². The second-order valence-corrected chi connectivity index (χ2v) is 2.63. The molecule has 0 aromatic rings. The Morgan fingerprint density at radius 1 is 1.50 bits per heavy atom. The summed E-state index contributed by atoms with van der Waals surface area (Å²) in [6.07, 6.45) is 1.72. The molecule has 0 radical (unpaired) electrons. The fourth-order valence-electron chi connectivity index (χ4n) is 0.781. The van der Waals surface area contributed by atoms with E-state index in [1.165, 1.54) is 16.7 Å². The van der Waals surface area contributed by atoms with Crippen molar-refractivity contribution >= 4 is 17.8 Å². The molecule has 0 aromatic heterocycles. The molecule has 1 saturated heterocycles. The summed E-state index contributed by atoms with van der Waals surface area (Å²) in [5, 5.41) is 3.70. The van der Waals surface area contributed by atoms with Crippen LogP contribution in [0.25, 0.3) is 0 Å². The number of hydrazine groups is 1. The number of carbonyl (C=O) groups excluding carboxylic acids is 1. The third-order valence-electron chi connectivity index (χ3n) is 1.24. The molecule has 2 aliphatic rings. The highest BCUT2D eigenvalue weighted by molar-refractivity contribution is 8.04. The third-order valence-corrected chi connectivity index (χ3v) is 1.88. The average Bonchev–Trinajstić information content (AvgIpc) is 2.34. The Morgan fingerprint density at radius 2 is 2.40 bits per heavy atom. The maximum Gasteiger partial charge on any atom is 0.345 e. The lowest BCUT2D eigenvalue weighted by atomic mass is 10.6. The Labute approximate surface area is 61.9 Å². The Hall–Kier alpha value is -1.10. The van der Waals surface area contributed by atoms with E-state index in [4.69, 9.17) is 0 Å². The normalized spacial score (nSPS) is 21.4. The molecular weight excluding hydrogens is 150 g/mol. The summed E-state index contributed by atoms with van der Waals surface area (Å²) in [6, 6.07) is -0.136. The molecule has 2 heterocycles. The van der Waals surface area contributed by atoms with Crippen molar-refractivity contribution in [3.05, 3.63) is 22.8 Å². The number of urea groups is 1. The number of hydrogen-bond donors (Lipinski definition) is 2. The lowest BCUT2D eigenvalue weighted by molar-refractivity contribution is 0.233. The number of nitrogens with one attached hydrogen (secondary N) is 2. The van der Waals surface area contributed by atoms with Crippen LogP contribution in [-0.2, 0) is 0 Å². The summed E-state index contributed by atoms with van der Waals surface area (Å²) in [5.41, 5.74) is 5.19. The monoisotopic (exact) mass is 155 g/mol. The van der Waals surface area contributed by atoms with Crippen molar-refractivity contribution in [1.82, 2.24) is 15.8 Å². The Morgan fingerprint density at radius 3 is 3.20 bits per heavy atom. The van der Waals surface area contributed by atoms with Crippen molar-refractivity contribution in [3.8, 4) is 0 Å². The van der Waals surface area contributed by atoms with Crippen LogP contribution in [0.2, 0.25) is 0 Å². The summed E-state index contributed by atoms with van der Waals surface area (Å²) >= 11 is 1.53. The van der Waals surface area contributed by atoms with Gasteiger partial charge in [-0.15, -0.1) is 11.8 Å². The maximum absolute atomic E-state index is 10.9. The van der Waals surface area contributed by atoms with E-state index in [0.29, 0.717) is 0 Å². The van der Waals surface area contributed by atoms with E-state index in [9.17, 15) is 4.79 Å². The summed E-state index contributed by atoms with van der Waals surface area (Å²) in [4.78, 5) is 12.4. The molecule has 0 aliphatic carbocycles. The van der Waals surface area contributed by atoms with E-state index in [1.807, 2.05) is 10.8 Å². The molecule has 0 saturated carbocycles. The van der Waals surface area contributed by atoms with Crippen LogP contribution in [0, 0.1) is 0 Å². The van der Waals surface area contributed by atoms with Gasteiger partial charge in [-0.3, -0.25) is 10.3 Å². The number of rotatable bonds is 0. The zero-order valence-electron chi connectivity index (χ0n) is 5.00. The van der Waals surface area contributed by atoms with Crippen LogP contribution in [0.3, 0.4) is 0 Å². The minimum atomic E-state index is -0.136. The minimum absolute atomic E-state index is 0.136. The molecule has 2 amide bonds. The van der Waals surface area contributed by atoms with Gasteiger partial charge in [-0.25, -0.2) is 10.2 Å². The number of fused-ring (bicyclic) bond motifs is 1. The van der Waals surface area contributed by atoms with E-state index < -0.39 is 0 Å². The van der Waals surface area contributed by atoms with Gasteiger partial charge in [-0.1, -0.05) is 0 Å². The van der Waals surface area contributed by atoms with E-state index in [0.717, 1.165) is 5.82 Å². The standard InChI is InChI=1S/C5H5N3OS/c9-5-7-6-4-3-10-2-1-8(4)5/h1-3,6H,(H,7,9). The number of thioether (sulfide) groups is 1. The molecule has 4 nitrogen and oxygen atoms in total. The summed E-state index contributed by atoms with van der Waals surface area (Å²) in [7, 11) is 0. The highest BCUT2D eigenvalue weighted by atomic mass is 32.2. The Kier molecular flexibility index (Phi) is 1.10. The molecule has 0 unspecified atom stereocenters. The quantitative estimate of drug-likeness (QED) is 0.536. The van der Waals surface area contributed by atoms with Gasteiger partial charge < -0.3 is 0 Å². The fraction of sp³-hybridized carbons (Fsp3) is 0. The molecular formula is C5H5N3OS. The number of amides is 2. The fourth-order valence-corrected chi connectivity index (χ4v) is 1.35. The van der Waals surface area contributed by atoms with Gasteiger partial charge in [0.1, 0.15) is 5.82 Å². The molecule has 10 heavy (non-hydrogen) atoms. The zero-order valence-corrected chi connectivity index (χ0v) is 5.81. The molecule has 52 valence electrons. The molecule has 5 heteroatoms. The van der Waals surface area contributed by atoms with Gasteiger partial charge >= 0.3 is 6.03 Å². The van der Waals surface area contributed by atoms with Crippen LogP contribution < -0.4 is 10.9 Å². The molecule has 2 N–H and O–H groups in total. The first-order valence-electron chi connectivity index (χ1n) is 2.75. The van der Waals surface area contributed by atoms with Crippen LogP contribution in [0.5, 0.6) is 0 Å². The lowest BCUT2D eigenvalue weighted by Gasteiger charge is -2.10. The number of hydrogen-bond acceptors (Lipinski definition) is 3. The molecule has 0 bridgehead atoms. The molecule has 0 atom stereocenters. The lowest BCUT2D eigenvalue weighted by Crippen LogP contribution is -2.25. The van der Waals surface area contributed by atoms with E-state index in [-0.39, 0.29) is 6.03 Å². The van der Waals surface area contributed by atoms with E-state index in [2.05, 4.69) is 10.9 Å². The summed E-state index contributed by atoms with van der Waals surface area (Å²) in [5.74, 6) is 0.789. The second-order valence-electron chi connectivity index (χ2n) is 1.85. The molecule has 0 spiro atoms. The third kappa shape index (κ3) is 0.672. The van der Waals surface area contributed by atoms with Gasteiger partial charge in [0.15, 0.2) is 0 Å². The van der Waals surface area contributed by atoms with Crippen molar-refractivity contribution in [2.45, 2.75) is 0 Å². The predicted molar refractivity (Wildman–Crippen MR) is 38.3 cm³/mol. The average molecular weight is 155 g/mol. The van der Waals surface area contributed by atoms with Gasteiger partial charge in [-0.2, -0.15) is 0 Å². The van der Waals surface area contributed by atoms with Gasteiger partial charge in [0.25, 0.3) is 0 Å². The topological polar surface area (TPSA) is 44.4 Å².